The van der Waals surface area contributed by atoms with Crippen molar-refractivity contribution in [1.82, 2.24) is 14.4 Å². The zero-order chi connectivity index (χ0) is 21.6. The molecule has 0 unspecified atom stereocenters. The Morgan fingerprint density at radius 3 is 2.57 bits per heavy atom. The largest absolute Gasteiger partial charge is 0.386 e. The molecule has 1 N–H and O–H groups in total. The Bertz CT molecular complexity index is 1330. The summed E-state index contributed by atoms with van der Waals surface area (Å²) in [6.07, 6.45) is 2.92. The van der Waals surface area contributed by atoms with Gasteiger partial charge in [0.25, 0.3) is 0 Å². The second kappa shape index (κ2) is 6.97. The van der Waals surface area contributed by atoms with Crippen molar-refractivity contribution in [2.24, 2.45) is 0 Å². The van der Waals surface area contributed by atoms with Crippen LogP contribution in [0.3, 0.4) is 0 Å². The summed E-state index contributed by atoms with van der Waals surface area (Å²) in [5.41, 5.74) is -0.708. The first-order valence-corrected chi connectivity index (χ1v) is 8.96. The van der Waals surface area contributed by atoms with Crippen molar-refractivity contribution in [3.8, 4) is 28.7 Å². The minimum Gasteiger partial charge on any atom is -0.386 e. The minimum absolute atomic E-state index is 0.0169. The Hall–Kier alpha value is -3.70. The van der Waals surface area contributed by atoms with Gasteiger partial charge in [0.2, 0.25) is 0 Å². The fraction of sp³-hybridized carbons (Fsp3) is 0.136. The number of hydrogen-bond donors (Lipinski definition) is 1. The molecule has 0 saturated heterocycles. The van der Waals surface area contributed by atoms with Crippen molar-refractivity contribution in [3.63, 3.8) is 0 Å². The summed E-state index contributed by atoms with van der Waals surface area (Å²) in [5.74, 6) is -1.98. The first kappa shape index (κ1) is 19.6. The van der Waals surface area contributed by atoms with Crippen LogP contribution < -0.4 is 0 Å². The van der Waals surface area contributed by atoms with Gasteiger partial charge >= 0.3 is 0 Å². The molecule has 0 radical (unpaired) electrons. The average molecular weight is 408 g/mol. The number of halogens is 3. The van der Waals surface area contributed by atoms with Gasteiger partial charge in [0, 0.05) is 17.3 Å². The number of rotatable bonds is 3. The van der Waals surface area contributed by atoms with E-state index in [0.29, 0.717) is 5.69 Å². The third-order valence-electron chi connectivity index (χ3n) is 4.74. The molecule has 0 saturated carbocycles. The standard InChI is InChI=1S/C22H15F3N4O/c1-22(2,30)15-7-8-29-18(11-27-21(29)19(15)25)17-6-5-16(24)20(28-17)14-4-3-13(23)9-12(14)10-26/h3-9,11,30H,1-2H3. The Labute approximate surface area is 169 Å². The molecule has 0 bridgehead atoms. The lowest BCUT2D eigenvalue weighted by molar-refractivity contribution is 0.0746. The van der Waals surface area contributed by atoms with E-state index in [1.54, 1.807) is 0 Å². The Morgan fingerprint density at radius 2 is 1.87 bits per heavy atom. The van der Waals surface area contributed by atoms with E-state index in [4.69, 9.17) is 0 Å². The zero-order valence-electron chi connectivity index (χ0n) is 16.0. The summed E-state index contributed by atoms with van der Waals surface area (Å²) >= 11 is 0. The molecular formula is C22H15F3N4O. The number of imidazole rings is 1. The highest BCUT2D eigenvalue weighted by molar-refractivity contribution is 5.71. The lowest BCUT2D eigenvalue weighted by Gasteiger charge is -2.18. The number of aliphatic hydroxyl groups is 1. The van der Waals surface area contributed by atoms with Crippen molar-refractivity contribution in [3.05, 3.63) is 77.4 Å². The van der Waals surface area contributed by atoms with Gasteiger partial charge in [-0.25, -0.2) is 23.1 Å². The molecule has 8 heteroatoms. The van der Waals surface area contributed by atoms with Gasteiger partial charge in [-0.3, -0.25) is 4.40 Å². The number of fused-ring (bicyclic) bond motifs is 1. The van der Waals surface area contributed by atoms with Crippen LogP contribution in [0.1, 0.15) is 25.0 Å². The van der Waals surface area contributed by atoms with E-state index in [1.807, 2.05) is 6.07 Å². The van der Waals surface area contributed by atoms with Gasteiger partial charge in [0.15, 0.2) is 11.5 Å². The van der Waals surface area contributed by atoms with E-state index in [0.717, 1.165) is 12.1 Å². The van der Waals surface area contributed by atoms with Crippen LogP contribution >= 0.6 is 0 Å². The van der Waals surface area contributed by atoms with Gasteiger partial charge < -0.3 is 5.11 Å². The third kappa shape index (κ3) is 3.19. The van der Waals surface area contributed by atoms with E-state index in [9.17, 15) is 23.5 Å². The van der Waals surface area contributed by atoms with Crippen molar-refractivity contribution in [1.29, 1.82) is 5.26 Å². The van der Waals surface area contributed by atoms with Gasteiger partial charge in [0.05, 0.1) is 34.8 Å². The van der Waals surface area contributed by atoms with Crippen molar-refractivity contribution in [2.75, 3.05) is 0 Å². The maximum Gasteiger partial charge on any atom is 0.174 e. The smallest absolute Gasteiger partial charge is 0.174 e. The van der Waals surface area contributed by atoms with E-state index in [1.165, 1.54) is 54.9 Å². The molecule has 5 nitrogen and oxygen atoms in total. The van der Waals surface area contributed by atoms with Gasteiger partial charge in [0.1, 0.15) is 17.3 Å². The summed E-state index contributed by atoms with van der Waals surface area (Å²) in [6.45, 7) is 2.93. The van der Waals surface area contributed by atoms with Crippen LogP contribution in [0, 0.1) is 28.8 Å². The topological polar surface area (TPSA) is 74.2 Å². The number of benzene rings is 1. The van der Waals surface area contributed by atoms with Gasteiger partial charge in [-0.2, -0.15) is 5.26 Å². The Morgan fingerprint density at radius 1 is 1.10 bits per heavy atom. The minimum atomic E-state index is -1.39. The highest BCUT2D eigenvalue weighted by Crippen LogP contribution is 2.30. The molecule has 0 aliphatic rings. The average Bonchev–Trinajstić information content (AvgIpc) is 3.13. The van der Waals surface area contributed by atoms with Crippen LogP contribution in [-0.4, -0.2) is 19.5 Å². The number of pyridine rings is 2. The highest BCUT2D eigenvalue weighted by atomic mass is 19.1. The molecular weight excluding hydrogens is 393 g/mol. The van der Waals surface area contributed by atoms with E-state index >= 15 is 0 Å². The van der Waals surface area contributed by atoms with E-state index in [-0.39, 0.29) is 33.7 Å². The zero-order valence-corrected chi connectivity index (χ0v) is 16.0. The lowest BCUT2D eigenvalue weighted by Crippen LogP contribution is -2.18. The second-order valence-corrected chi connectivity index (χ2v) is 7.27. The monoisotopic (exact) mass is 408 g/mol. The summed E-state index contributed by atoms with van der Waals surface area (Å²) in [4.78, 5) is 8.37. The molecule has 30 heavy (non-hydrogen) atoms. The van der Waals surface area contributed by atoms with Crippen molar-refractivity contribution in [2.45, 2.75) is 19.4 Å². The second-order valence-electron chi connectivity index (χ2n) is 7.27. The Balaban J connectivity index is 1.90. The van der Waals surface area contributed by atoms with Crippen LogP contribution in [0.25, 0.3) is 28.3 Å². The molecule has 150 valence electrons. The van der Waals surface area contributed by atoms with Crippen LogP contribution in [0.15, 0.2) is 48.8 Å². The molecule has 4 aromatic rings. The maximum absolute atomic E-state index is 14.8. The van der Waals surface area contributed by atoms with Crippen molar-refractivity contribution < 1.29 is 18.3 Å². The molecule has 3 heterocycles. The summed E-state index contributed by atoms with van der Waals surface area (Å²) in [6, 6.07) is 9.25. The van der Waals surface area contributed by atoms with Crippen LogP contribution in [0.2, 0.25) is 0 Å². The van der Waals surface area contributed by atoms with Gasteiger partial charge in [-0.1, -0.05) is 0 Å². The molecule has 0 fully saturated rings. The summed E-state index contributed by atoms with van der Waals surface area (Å²) in [7, 11) is 0. The SMILES string of the molecule is CC(C)(O)c1ccn2c(-c3ccc(F)c(-c4ccc(F)cc4C#N)n3)cnc2c1F. The fourth-order valence-electron chi connectivity index (χ4n) is 3.27. The molecule has 1 aromatic carbocycles. The van der Waals surface area contributed by atoms with Crippen molar-refractivity contribution >= 4 is 5.65 Å². The summed E-state index contributed by atoms with van der Waals surface area (Å²) in [5, 5.41) is 19.4. The predicted octanol–water partition coefficient (Wildman–Crippen LogP) is 4.58. The quantitative estimate of drug-likeness (QED) is 0.539. The number of aromatic nitrogens is 3. The first-order valence-electron chi connectivity index (χ1n) is 8.96. The van der Waals surface area contributed by atoms with Gasteiger partial charge in [-0.05, 0) is 50.2 Å². The van der Waals surface area contributed by atoms with Crippen LogP contribution in [0.4, 0.5) is 13.2 Å². The number of nitriles is 1. The lowest BCUT2D eigenvalue weighted by atomic mass is 9.99. The highest BCUT2D eigenvalue weighted by Gasteiger charge is 2.24. The van der Waals surface area contributed by atoms with Crippen LogP contribution in [0.5, 0.6) is 0 Å². The molecule has 0 aliphatic heterocycles. The molecule has 0 amide bonds. The normalized spacial score (nSPS) is 11.6. The number of hydrogen-bond acceptors (Lipinski definition) is 4. The molecule has 0 spiro atoms. The van der Waals surface area contributed by atoms with E-state index in [2.05, 4.69) is 9.97 Å². The summed E-state index contributed by atoms with van der Waals surface area (Å²) < 4.78 is 44.2. The fourth-order valence-corrected chi connectivity index (χ4v) is 3.27. The Kier molecular flexibility index (Phi) is 4.56. The molecule has 0 atom stereocenters. The maximum atomic E-state index is 14.8. The molecule has 4 rings (SSSR count). The van der Waals surface area contributed by atoms with Crippen LogP contribution in [-0.2, 0) is 5.60 Å². The first-order chi connectivity index (χ1) is 14.2. The third-order valence-corrected chi connectivity index (χ3v) is 4.74. The van der Waals surface area contributed by atoms with Gasteiger partial charge in [-0.15, -0.1) is 0 Å². The molecule has 0 aliphatic carbocycles. The predicted molar refractivity (Wildman–Crippen MR) is 104 cm³/mol. The van der Waals surface area contributed by atoms with E-state index < -0.39 is 23.1 Å². The number of nitrogens with zero attached hydrogens (tertiary/aromatic N) is 4. The molecule has 3 aromatic heterocycles.